The Kier molecular flexibility index (Phi) is 0.434. The van der Waals surface area contributed by atoms with E-state index in [9.17, 15) is 0 Å². The van der Waals surface area contributed by atoms with Gasteiger partial charge in [-0.25, -0.2) is 0 Å². The molecule has 1 rings (SSSR count). The molecule has 0 aromatic rings. The SMILES string of the molecule is C=C1C(=N)C1C. The van der Waals surface area contributed by atoms with Crippen LogP contribution in [0.25, 0.3) is 0 Å². The number of hydrogen-bond acceptors (Lipinski definition) is 1. The lowest BCUT2D eigenvalue weighted by molar-refractivity contribution is 1.13. The van der Waals surface area contributed by atoms with E-state index in [0.29, 0.717) is 5.92 Å². The van der Waals surface area contributed by atoms with Gasteiger partial charge in [0.2, 0.25) is 0 Å². The average molecular weight is 81.1 g/mol. The van der Waals surface area contributed by atoms with Crippen molar-refractivity contribution in [2.45, 2.75) is 6.92 Å². The maximum absolute atomic E-state index is 6.92. The summed E-state index contributed by atoms with van der Waals surface area (Å²) in [6.07, 6.45) is 0. The van der Waals surface area contributed by atoms with Gasteiger partial charge in [-0.3, -0.25) is 0 Å². The van der Waals surface area contributed by atoms with Gasteiger partial charge in [0.25, 0.3) is 0 Å². The van der Waals surface area contributed by atoms with E-state index in [1.54, 1.807) is 0 Å². The summed E-state index contributed by atoms with van der Waals surface area (Å²) in [6.45, 7) is 5.59. The molecule has 1 aliphatic carbocycles. The molecule has 1 aliphatic rings. The third kappa shape index (κ3) is 0.224. The summed E-state index contributed by atoms with van der Waals surface area (Å²) in [5.41, 5.74) is 1.74. The van der Waals surface area contributed by atoms with Gasteiger partial charge in [-0.2, -0.15) is 0 Å². The lowest BCUT2D eigenvalue weighted by atomic mass is 10.5. The summed E-state index contributed by atoms with van der Waals surface area (Å²) < 4.78 is 0. The molecule has 0 aliphatic heterocycles. The van der Waals surface area contributed by atoms with E-state index < -0.39 is 0 Å². The first-order chi connectivity index (χ1) is 2.73. The van der Waals surface area contributed by atoms with Crippen molar-refractivity contribution < 1.29 is 0 Å². The minimum absolute atomic E-state index is 0.407. The van der Waals surface area contributed by atoms with Crippen molar-refractivity contribution in [1.29, 1.82) is 5.41 Å². The van der Waals surface area contributed by atoms with Crippen molar-refractivity contribution in [3.05, 3.63) is 12.2 Å². The Labute approximate surface area is 37.2 Å². The molecule has 1 nitrogen and oxygen atoms in total. The highest BCUT2D eigenvalue weighted by atomic mass is 14.6. The Morgan fingerprint density at radius 3 is 2.00 bits per heavy atom. The smallest absolute Gasteiger partial charge is 0.0419 e. The van der Waals surface area contributed by atoms with E-state index >= 15 is 0 Å². The zero-order valence-corrected chi connectivity index (χ0v) is 3.78. The Hall–Kier alpha value is -0.590. The van der Waals surface area contributed by atoms with Crippen molar-refractivity contribution in [2.24, 2.45) is 5.92 Å². The van der Waals surface area contributed by atoms with Crippen LogP contribution >= 0.6 is 0 Å². The number of hydrogen-bond donors (Lipinski definition) is 1. The van der Waals surface area contributed by atoms with Crippen LogP contribution in [-0.4, -0.2) is 5.71 Å². The van der Waals surface area contributed by atoms with E-state index in [-0.39, 0.29) is 0 Å². The zero-order valence-electron chi connectivity index (χ0n) is 3.78. The summed E-state index contributed by atoms with van der Waals surface area (Å²) in [7, 11) is 0. The summed E-state index contributed by atoms with van der Waals surface area (Å²) in [4.78, 5) is 0. The standard InChI is InChI=1S/C5H7N/c1-3-4(2)5(3)6/h4,6H,1H2,2H3. The maximum atomic E-state index is 6.92. The van der Waals surface area contributed by atoms with E-state index in [1.165, 1.54) is 0 Å². The number of nitrogens with one attached hydrogen (secondary N) is 1. The normalized spacial score (nSPS) is 31.2. The predicted octanol–water partition coefficient (Wildman–Crippen LogP) is 1.21. The Bertz CT molecular complexity index is 99.1. The van der Waals surface area contributed by atoms with Crippen LogP contribution in [0.5, 0.6) is 0 Å². The molecular weight excluding hydrogens is 74.1 g/mol. The molecule has 0 radical (unpaired) electrons. The van der Waals surface area contributed by atoms with Crippen LogP contribution in [-0.2, 0) is 0 Å². The zero-order chi connectivity index (χ0) is 4.73. The Balaban J connectivity index is 2.75. The molecule has 1 heteroatoms. The van der Waals surface area contributed by atoms with Gasteiger partial charge >= 0.3 is 0 Å². The molecular formula is C5H7N. The largest absolute Gasteiger partial charge is 0.304 e. The van der Waals surface area contributed by atoms with Gasteiger partial charge in [0.1, 0.15) is 0 Å². The summed E-state index contributed by atoms with van der Waals surface area (Å²) in [5.74, 6) is 0.407. The fourth-order valence-corrected chi connectivity index (χ4v) is 0.396. The second-order valence-electron chi connectivity index (χ2n) is 1.66. The molecule has 32 valence electrons. The highest BCUT2D eigenvalue weighted by Crippen LogP contribution is 2.29. The van der Waals surface area contributed by atoms with Gasteiger partial charge < -0.3 is 5.41 Å². The van der Waals surface area contributed by atoms with E-state index in [0.717, 1.165) is 11.3 Å². The van der Waals surface area contributed by atoms with Crippen molar-refractivity contribution in [2.75, 3.05) is 0 Å². The van der Waals surface area contributed by atoms with Gasteiger partial charge in [-0.05, 0) is 5.57 Å². The fraction of sp³-hybridized carbons (Fsp3) is 0.400. The minimum Gasteiger partial charge on any atom is -0.304 e. The number of allylic oxidation sites excluding steroid dienone is 1. The lowest BCUT2D eigenvalue weighted by Crippen LogP contribution is -1.58. The molecule has 1 N–H and O–H groups in total. The minimum atomic E-state index is 0.407. The highest BCUT2D eigenvalue weighted by Gasteiger charge is 2.30. The first kappa shape index (κ1) is 3.59. The maximum Gasteiger partial charge on any atom is 0.0419 e. The molecule has 6 heavy (non-hydrogen) atoms. The summed E-state index contributed by atoms with van der Waals surface area (Å²) in [6, 6.07) is 0. The average Bonchev–Trinajstić information content (AvgIpc) is 1.94. The Morgan fingerprint density at radius 1 is 1.83 bits per heavy atom. The van der Waals surface area contributed by atoms with Crippen molar-refractivity contribution in [3.63, 3.8) is 0 Å². The number of rotatable bonds is 0. The fourth-order valence-electron chi connectivity index (χ4n) is 0.396. The quantitative estimate of drug-likeness (QED) is 0.453. The van der Waals surface area contributed by atoms with Crippen molar-refractivity contribution in [3.8, 4) is 0 Å². The molecule has 1 saturated carbocycles. The monoisotopic (exact) mass is 81.1 g/mol. The van der Waals surface area contributed by atoms with Gasteiger partial charge in [-0.1, -0.05) is 13.5 Å². The summed E-state index contributed by atoms with van der Waals surface area (Å²) in [5, 5.41) is 6.92. The molecule has 1 atom stereocenters. The molecule has 0 heterocycles. The second-order valence-corrected chi connectivity index (χ2v) is 1.66. The van der Waals surface area contributed by atoms with Crippen LogP contribution in [0.4, 0.5) is 0 Å². The van der Waals surface area contributed by atoms with E-state index in [1.807, 2.05) is 6.92 Å². The molecule has 1 unspecified atom stereocenters. The molecule has 0 aromatic carbocycles. The van der Waals surface area contributed by atoms with Crippen LogP contribution in [0.1, 0.15) is 6.92 Å². The molecule has 1 fully saturated rings. The second kappa shape index (κ2) is 0.725. The van der Waals surface area contributed by atoms with Crippen LogP contribution < -0.4 is 0 Å². The van der Waals surface area contributed by atoms with Crippen LogP contribution in [0.2, 0.25) is 0 Å². The third-order valence-electron chi connectivity index (χ3n) is 1.22. The molecule has 0 saturated heterocycles. The molecule has 0 spiro atoms. The molecule has 0 aromatic heterocycles. The van der Waals surface area contributed by atoms with Gasteiger partial charge in [-0.15, -0.1) is 0 Å². The van der Waals surface area contributed by atoms with Crippen LogP contribution in [0.3, 0.4) is 0 Å². The van der Waals surface area contributed by atoms with Crippen molar-refractivity contribution in [1.82, 2.24) is 0 Å². The van der Waals surface area contributed by atoms with Crippen molar-refractivity contribution >= 4 is 5.71 Å². The van der Waals surface area contributed by atoms with Gasteiger partial charge in [0.05, 0.1) is 0 Å². The predicted molar refractivity (Wildman–Crippen MR) is 26.0 cm³/mol. The highest BCUT2D eigenvalue weighted by molar-refractivity contribution is 6.17. The summed E-state index contributed by atoms with van der Waals surface area (Å²) >= 11 is 0. The van der Waals surface area contributed by atoms with Crippen LogP contribution in [0, 0.1) is 11.3 Å². The topological polar surface area (TPSA) is 23.9 Å². The lowest BCUT2D eigenvalue weighted by Gasteiger charge is -1.55. The van der Waals surface area contributed by atoms with Gasteiger partial charge in [0.15, 0.2) is 0 Å². The third-order valence-corrected chi connectivity index (χ3v) is 1.22. The molecule has 0 bridgehead atoms. The van der Waals surface area contributed by atoms with E-state index in [2.05, 4.69) is 6.58 Å². The first-order valence-electron chi connectivity index (χ1n) is 2.01. The first-order valence-corrected chi connectivity index (χ1v) is 2.01. The van der Waals surface area contributed by atoms with E-state index in [4.69, 9.17) is 5.41 Å². The molecule has 0 amide bonds. The van der Waals surface area contributed by atoms with Gasteiger partial charge in [0, 0.05) is 11.6 Å². The Morgan fingerprint density at radius 2 is 2.00 bits per heavy atom. The van der Waals surface area contributed by atoms with Crippen LogP contribution in [0.15, 0.2) is 12.2 Å².